The van der Waals surface area contributed by atoms with Gasteiger partial charge in [0.25, 0.3) is 0 Å². The van der Waals surface area contributed by atoms with Gasteiger partial charge in [0.15, 0.2) is 0 Å². The molecule has 17 heavy (non-hydrogen) atoms. The van der Waals surface area contributed by atoms with Gasteiger partial charge in [0, 0.05) is 7.05 Å². The van der Waals surface area contributed by atoms with Crippen LogP contribution in [0.3, 0.4) is 0 Å². The summed E-state index contributed by atoms with van der Waals surface area (Å²) in [6.07, 6.45) is 2.49. The first-order chi connectivity index (χ1) is 7.97. The molecule has 0 unspecified atom stereocenters. The van der Waals surface area contributed by atoms with Crippen molar-refractivity contribution in [3.05, 3.63) is 6.33 Å². The fourth-order valence-electron chi connectivity index (χ4n) is 1.66. The molecule has 0 aliphatic carbocycles. The van der Waals surface area contributed by atoms with E-state index >= 15 is 0 Å². The Morgan fingerprint density at radius 3 is 2.53 bits per heavy atom. The van der Waals surface area contributed by atoms with Gasteiger partial charge >= 0.3 is 0 Å². The van der Waals surface area contributed by atoms with Crippen LogP contribution in [0.4, 0.5) is 5.95 Å². The van der Waals surface area contributed by atoms with Gasteiger partial charge in [0.1, 0.15) is 6.33 Å². The van der Waals surface area contributed by atoms with Gasteiger partial charge in [-0.15, -0.1) is 0 Å². The first-order valence-corrected chi connectivity index (χ1v) is 5.84. The van der Waals surface area contributed by atoms with Crippen LogP contribution in [-0.4, -0.2) is 25.7 Å². The fraction of sp³-hybridized carbons (Fsp3) is 0.600. The molecule has 0 aliphatic heterocycles. The third-order valence-corrected chi connectivity index (χ3v) is 3.44. The molecule has 94 valence electrons. The number of amides is 1. The summed E-state index contributed by atoms with van der Waals surface area (Å²) in [5, 5.41) is 6.57. The van der Waals surface area contributed by atoms with Crippen LogP contribution >= 0.6 is 12.2 Å². The number of nitrogens with one attached hydrogen (secondary N) is 1. The number of hydrogen-bond acceptors (Lipinski definition) is 4. The van der Waals surface area contributed by atoms with Crippen LogP contribution in [0.25, 0.3) is 0 Å². The van der Waals surface area contributed by atoms with Gasteiger partial charge in [0.05, 0.1) is 10.4 Å². The zero-order valence-electron chi connectivity index (χ0n) is 10.2. The van der Waals surface area contributed by atoms with Gasteiger partial charge in [-0.2, -0.15) is 10.1 Å². The van der Waals surface area contributed by atoms with E-state index in [-0.39, 0.29) is 10.9 Å². The first-order valence-electron chi connectivity index (χ1n) is 5.43. The predicted octanol–water partition coefficient (Wildman–Crippen LogP) is 0.846. The maximum Gasteiger partial charge on any atom is 0.239 e. The molecule has 0 aliphatic rings. The van der Waals surface area contributed by atoms with Crippen LogP contribution in [0, 0.1) is 5.41 Å². The van der Waals surface area contributed by atoms with E-state index in [1.807, 2.05) is 13.8 Å². The summed E-state index contributed by atoms with van der Waals surface area (Å²) >= 11 is 5.01. The molecule has 0 bridgehead atoms. The number of hydrogen-bond donors (Lipinski definition) is 2. The highest BCUT2D eigenvalue weighted by atomic mass is 32.1. The second kappa shape index (κ2) is 5.22. The van der Waals surface area contributed by atoms with Crippen LogP contribution in [0.15, 0.2) is 6.33 Å². The van der Waals surface area contributed by atoms with Gasteiger partial charge in [-0.25, -0.2) is 4.68 Å². The quantitative estimate of drug-likeness (QED) is 0.762. The number of carbonyl (C=O) groups excluding carboxylic acids is 1. The second-order valence-electron chi connectivity index (χ2n) is 3.81. The fourth-order valence-corrected chi connectivity index (χ4v) is 2.04. The smallest absolute Gasteiger partial charge is 0.239 e. The Hall–Kier alpha value is -1.50. The first kappa shape index (κ1) is 13.6. The maximum absolute atomic E-state index is 12.2. The average Bonchev–Trinajstić information content (AvgIpc) is 2.66. The van der Waals surface area contributed by atoms with Crippen molar-refractivity contribution < 1.29 is 4.79 Å². The lowest BCUT2D eigenvalue weighted by Crippen LogP contribution is -2.45. The molecule has 0 saturated carbocycles. The van der Waals surface area contributed by atoms with Crippen LogP contribution in [0.1, 0.15) is 26.7 Å². The van der Waals surface area contributed by atoms with E-state index in [4.69, 9.17) is 18.0 Å². The van der Waals surface area contributed by atoms with Crippen molar-refractivity contribution in [2.75, 3.05) is 5.32 Å². The Bertz CT molecular complexity index is 424. The zero-order valence-corrected chi connectivity index (χ0v) is 11.0. The molecule has 3 N–H and O–H groups in total. The van der Waals surface area contributed by atoms with Crippen LogP contribution < -0.4 is 11.1 Å². The van der Waals surface area contributed by atoms with E-state index in [1.165, 1.54) is 11.0 Å². The van der Waals surface area contributed by atoms with Crippen molar-refractivity contribution in [3.8, 4) is 0 Å². The Morgan fingerprint density at radius 1 is 1.59 bits per heavy atom. The molecule has 1 aromatic rings. The van der Waals surface area contributed by atoms with Crippen molar-refractivity contribution in [2.24, 2.45) is 18.2 Å². The van der Waals surface area contributed by atoms with Crippen LogP contribution in [0.5, 0.6) is 0 Å². The minimum atomic E-state index is -0.818. The Kier molecular flexibility index (Phi) is 4.17. The lowest BCUT2D eigenvalue weighted by Gasteiger charge is -2.28. The molecule has 0 atom stereocenters. The highest BCUT2D eigenvalue weighted by Crippen LogP contribution is 2.28. The van der Waals surface area contributed by atoms with Crippen molar-refractivity contribution in [1.29, 1.82) is 0 Å². The number of anilines is 1. The zero-order chi connectivity index (χ0) is 13.1. The minimum absolute atomic E-state index is 0.210. The molecule has 0 aromatic carbocycles. The highest BCUT2D eigenvalue weighted by Gasteiger charge is 2.38. The predicted molar refractivity (Wildman–Crippen MR) is 69.4 cm³/mol. The van der Waals surface area contributed by atoms with Crippen molar-refractivity contribution >= 4 is 29.1 Å². The molecule has 7 heteroatoms. The van der Waals surface area contributed by atoms with Gasteiger partial charge in [-0.05, 0) is 12.8 Å². The van der Waals surface area contributed by atoms with Gasteiger partial charge < -0.3 is 5.73 Å². The molecule has 0 radical (unpaired) electrons. The van der Waals surface area contributed by atoms with Gasteiger partial charge in [-0.1, -0.05) is 26.1 Å². The molecule has 1 rings (SSSR count). The monoisotopic (exact) mass is 255 g/mol. The lowest BCUT2D eigenvalue weighted by atomic mass is 9.81. The molecule has 1 heterocycles. The summed E-state index contributed by atoms with van der Waals surface area (Å²) < 4.78 is 1.48. The van der Waals surface area contributed by atoms with E-state index < -0.39 is 5.41 Å². The summed E-state index contributed by atoms with van der Waals surface area (Å²) in [5.74, 6) is 0.156. The van der Waals surface area contributed by atoms with Gasteiger partial charge in [0.2, 0.25) is 11.9 Å². The summed E-state index contributed by atoms with van der Waals surface area (Å²) in [6, 6.07) is 0. The number of thiocarbonyl (C=S) groups is 1. The molecular weight excluding hydrogens is 238 g/mol. The molecule has 1 aromatic heterocycles. The van der Waals surface area contributed by atoms with E-state index in [1.54, 1.807) is 7.05 Å². The number of carbonyl (C=O) groups is 1. The molecule has 0 fully saturated rings. The summed E-state index contributed by atoms with van der Waals surface area (Å²) in [4.78, 5) is 16.4. The second-order valence-corrected chi connectivity index (χ2v) is 4.25. The molecule has 0 spiro atoms. The summed E-state index contributed by atoms with van der Waals surface area (Å²) in [7, 11) is 1.70. The number of aromatic nitrogens is 3. The van der Waals surface area contributed by atoms with Crippen LogP contribution in [-0.2, 0) is 11.8 Å². The average molecular weight is 255 g/mol. The lowest BCUT2D eigenvalue weighted by molar-refractivity contribution is -0.122. The minimum Gasteiger partial charge on any atom is -0.392 e. The van der Waals surface area contributed by atoms with Crippen molar-refractivity contribution in [3.63, 3.8) is 0 Å². The molecule has 0 saturated heterocycles. The Morgan fingerprint density at radius 2 is 2.18 bits per heavy atom. The topological polar surface area (TPSA) is 85.8 Å². The molecule has 1 amide bonds. The standard InChI is InChI=1S/C10H17N5OS/c1-4-10(5-2,7(11)17)8(16)14-9-12-6-13-15(9)3/h6H,4-5H2,1-3H3,(H2,11,17)(H,12,13,14,16). The Labute approximate surface area is 106 Å². The number of nitrogens with two attached hydrogens (primary N) is 1. The Balaban J connectivity index is 2.95. The normalized spacial score (nSPS) is 11.2. The van der Waals surface area contributed by atoms with Gasteiger partial charge in [-0.3, -0.25) is 10.1 Å². The van der Waals surface area contributed by atoms with Crippen LogP contribution in [0.2, 0.25) is 0 Å². The summed E-state index contributed by atoms with van der Waals surface area (Å²) in [6.45, 7) is 3.78. The highest BCUT2D eigenvalue weighted by molar-refractivity contribution is 7.80. The third kappa shape index (κ3) is 2.44. The van der Waals surface area contributed by atoms with Crippen molar-refractivity contribution in [2.45, 2.75) is 26.7 Å². The van der Waals surface area contributed by atoms with E-state index in [9.17, 15) is 4.79 Å². The number of rotatable bonds is 5. The van der Waals surface area contributed by atoms with Crippen molar-refractivity contribution in [1.82, 2.24) is 14.8 Å². The maximum atomic E-state index is 12.2. The molecular formula is C10H17N5OS. The SMILES string of the molecule is CCC(CC)(C(=O)Nc1ncnn1C)C(N)=S. The largest absolute Gasteiger partial charge is 0.392 e. The number of aryl methyl sites for hydroxylation is 1. The van der Waals surface area contributed by atoms with E-state index in [0.717, 1.165) is 0 Å². The van der Waals surface area contributed by atoms with E-state index in [2.05, 4.69) is 15.4 Å². The summed E-state index contributed by atoms with van der Waals surface area (Å²) in [5.41, 5.74) is 4.87. The molecule has 6 nitrogen and oxygen atoms in total. The third-order valence-electron chi connectivity index (χ3n) is 3.05. The van der Waals surface area contributed by atoms with E-state index in [0.29, 0.717) is 18.8 Å². The number of nitrogens with zero attached hydrogens (tertiary/aromatic N) is 3.